The third-order valence-corrected chi connectivity index (χ3v) is 7.18. The molecule has 90 valence electrons. The fourth-order valence-corrected chi connectivity index (χ4v) is 6.60. The SMILES string of the molecule is CC1CC(C2CC(C)C3C(C)C23)C2C(C)C12. The highest BCUT2D eigenvalue weighted by Gasteiger charge is 2.66. The second-order valence-corrected chi connectivity index (χ2v) is 7.78. The molecule has 0 heterocycles. The van der Waals surface area contributed by atoms with Gasteiger partial charge in [-0.2, -0.15) is 0 Å². The lowest BCUT2D eigenvalue weighted by Gasteiger charge is -2.26. The molecular weight excluding hydrogens is 192 g/mol. The van der Waals surface area contributed by atoms with Crippen molar-refractivity contribution in [2.75, 3.05) is 0 Å². The summed E-state index contributed by atoms with van der Waals surface area (Å²) in [5.74, 6) is 11.1. The minimum Gasteiger partial charge on any atom is -0.0622 e. The van der Waals surface area contributed by atoms with Crippen LogP contribution in [0.3, 0.4) is 0 Å². The Bertz CT molecular complexity index is 288. The molecule has 0 aliphatic heterocycles. The zero-order valence-electron chi connectivity index (χ0n) is 11.2. The molecule has 0 radical (unpaired) electrons. The summed E-state index contributed by atoms with van der Waals surface area (Å²) in [4.78, 5) is 0. The lowest BCUT2D eigenvalue weighted by Crippen LogP contribution is -2.19. The smallest absolute Gasteiger partial charge is 0.0321 e. The average molecular weight is 218 g/mol. The van der Waals surface area contributed by atoms with Crippen molar-refractivity contribution in [1.29, 1.82) is 0 Å². The minimum absolute atomic E-state index is 1.05. The van der Waals surface area contributed by atoms with Crippen LogP contribution in [0.25, 0.3) is 0 Å². The van der Waals surface area contributed by atoms with Crippen LogP contribution in [-0.4, -0.2) is 0 Å². The second-order valence-electron chi connectivity index (χ2n) is 7.78. The van der Waals surface area contributed by atoms with E-state index in [-0.39, 0.29) is 0 Å². The molecule has 4 rings (SSSR count). The van der Waals surface area contributed by atoms with Crippen molar-refractivity contribution < 1.29 is 0 Å². The van der Waals surface area contributed by atoms with E-state index in [1.807, 2.05) is 0 Å². The van der Waals surface area contributed by atoms with Gasteiger partial charge in [0, 0.05) is 0 Å². The van der Waals surface area contributed by atoms with Crippen LogP contribution in [0.2, 0.25) is 0 Å². The van der Waals surface area contributed by atoms with Crippen LogP contribution in [0, 0.1) is 59.2 Å². The summed E-state index contributed by atoms with van der Waals surface area (Å²) >= 11 is 0. The summed E-state index contributed by atoms with van der Waals surface area (Å²) in [5.41, 5.74) is 0. The largest absolute Gasteiger partial charge is 0.0622 e. The standard InChI is InChI=1S/C16H26/c1-7-5-11(15-9(3)13(7)15)12-6-8(2)14-10(4)16(12)14/h7-16H,5-6H2,1-4H3. The normalized spacial score (nSPS) is 71.2. The first-order valence-corrected chi connectivity index (χ1v) is 7.61. The molecule has 4 aliphatic rings. The van der Waals surface area contributed by atoms with Crippen LogP contribution in [0.5, 0.6) is 0 Å². The Morgan fingerprint density at radius 2 is 0.938 bits per heavy atom. The number of fused-ring (bicyclic) bond motifs is 2. The number of hydrogen-bond acceptors (Lipinski definition) is 0. The molecule has 0 heteroatoms. The molecule has 0 saturated heterocycles. The van der Waals surface area contributed by atoms with Crippen LogP contribution >= 0.6 is 0 Å². The van der Waals surface area contributed by atoms with Crippen LogP contribution < -0.4 is 0 Å². The lowest BCUT2D eigenvalue weighted by atomic mass is 9.79. The van der Waals surface area contributed by atoms with Crippen molar-refractivity contribution in [2.45, 2.75) is 40.5 Å². The van der Waals surface area contributed by atoms with Crippen molar-refractivity contribution in [3.63, 3.8) is 0 Å². The van der Waals surface area contributed by atoms with Gasteiger partial charge in [-0.1, -0.05) is 27.7 Å². The van der Waals surface area contributed by atoms with Gasteiger partial charge in [0.1, 0.15) is 0 Å². The molecular formula is C16H26. The zero-order chi connectivity index (χ0) is 11.2. The molecule has 16 heavy (non-hydrogen) atoms. The van der Waals surface area contributed by atoms with E-state index in [0.717, 1.165) is 59.2 Å². The highest BCUT2D eigenvalue weighted by molar-refractivity contribution is 5.14. The van der Waals surface area contributed by atoms with Crippen molar-refractivity contribution in [3.05, 3.63) is 0 Å². The van der Waals surface area contributed by atoms with Gasteiger partial charge < -0.3 is 0 Å². The lowest BCUT2D eigenvalue weighted by molar-refractivity contribution is 0.231. The van der Waals surface area contributed by atoms with E-state index in [0.29, 0.717) is 0 Å². The van der Waals surface area contributed by atoms with Gasteiger partial charge in [-0.05, 0) is 72.0 Å². The van der Waals surface area contributed by atoms with Crippen molar-refractivity contribution in [1.82, 2.24) is 0 Å². The monoisotopic (exact) mass is 218 g/mol. The summed E-state index contributed by atoms with van der Waals surface area (Å²) < 4.78 is 0. The first kappa shape index (κ1) is 9.97. The van der Waals surface area contributed by atoms with E-state index in [9.17, 15) is 0 Å². The first-order valence-electron chi connectivity index (χ1n) is 7.61. The summed E-state index contributed by atoms with van der Waals surface area (Å²) in [6, 6.07) is 0. The maximum absolute atomic E-state index is 2.52. The van der Waals surface area contributed by atoms with Gasteiger partial charge in [0.25, 0.3) is 0 Å². The Balaban J connectivity index is 1.55. The van der Waals surface area contributed by atoms with E-state index in [2.05, 4.69) is 27.7 Å². The molecule has 0 aromatic carbocycles. The summed E-state index contributed by atoms with van der Waals surface area (Å²) in [5, 5.41) is 0. The molecule has 0 nitrogen and oxygen atoms in total. The fourth-order valence-electron chi connectivity index (χ4n) is 6.60. The molecule has 0 spiro atoms. The van der Waals surface area contributed by atoms with E-state index in [4.69, 9.17) is 0 Å². The second kappa shape index (κ2) is 2.87. The Morgan fingerprint density at radius 1 is 0.562 bits per heavy atom. The van der Waals surface area contributed by atoms with Crippen LogP contribution in [0.15, 0.2) is 0 Å². The zero-order valence-corrected chi connectivity index (χ0v) is 11.2. The Morgan fingerprint density at radius 3 is 1.19 bits per heavy atom. The predicted octanol–water partition coefficient (Wildman–Crippen LogP) is 4.06. The van der Waals surface area contributed by atoms with Gasteiger partial charge in [0.05, 0.1) is 0 Å². The van der Waals surface area contributed by atoms with E-state index in [1.54, 1.807) is 12.8 Å². The van der Waals surface area contributed by atoms with Crippen LogP contribution in [0.4, 0.5) is 0 Å². The summed E-state index contributed by atoms with van der Waals surface area (Å²) in [6.45, 7) is 10.1. The minimum atomic E-state index is 1.05. The van der Waals surface area contributed by atoms with E-state index in [1.165, 1.54) is 0 Å². The highest BCUT2D eigenvalue weighted by Crippen LogP contribution is 2.72. The quantitative estimate of drug-likeness (QED) is 0.622. The molecule has 0 N–H and O–H groups in total. The third kappa shape index (κ3) is 1.03. The topological polar surface area (TPSA) is 0 Å². The molecule has 0 aromatic heterocycles. The van der Waals surface area contributed by atoms with Gasteiger partial charge in [0.2, 0.25) is 0 Å². The number of hydrogen-bond donors (Lipinski definition) is 0. The molecule has 10 unspecified atom stereocenters. The first-order chi connectivity index (χ1) is 7.61. The van der Waals surface area contributed by atoms with Crippen LogP contribution in [-0.2, 0) is 0 Å². The molecule has 10 atom stereocenters. The van der Waals surface area contributed by atoms with Crippen molar-refractivity contribution in [3.8, 4) is 0 Å². The average Bonchev–Trinajstić information content (AvgIpc) is 2.93. The Kier molecular flexibility index (Phi) is 1.79. The maximum Gasteiger partial charge on any atom is -0.0321 e. The van der Waals surface area contributed by atoms with Gasteiger partial charge in [-0.15, -0.1) is 0 Å². The van der Waals surface area contributed by atoms with E-state index >= 15 is 0 Å². The van der Waals surface area contributed by atoms with Gasteiger partial charge in [-0.3, -0.25) is 0 Å². The Labute approximate surface area is 100 Å². The maximum atomic E-state index is 2.52. The summed E-state index contributed by atoms with van der Waals surface area (Å²) in [6.07, 6.45) is 3.15. The van der Waals surface area contributed by atoms with Crippen LogP contribution in [0.1, 0.15) is 40.5 Å². The molecule has 0 bridgehead atoms. The molecule has 0 aromatic rings. The van der Waals surface area contributed by atoms with E-state index < -0.39 is 0 Å². The Hall–Kier alpha value is 0. The molecule has 4 saturated carbocycles. The summed E-state index contributed by atoms with van der Waals surface area (Å²) in [7, 11) is 0. The van der Waals surface area contributed by atoms with Gasteiger partial charge in [-0.25, -0.2) is 0 Å². The third-order valence-electron chi connectivity index (χ3n) is 7.18. The van der Waals surface area contributed by atoms with Gasteiger partial charge >= 0.3 is 0 Å². The highest BCUT2D eigenvalue weighted by atomic mass is 14.7. The predicted molar refractivity (Wildman–Crippen MR) is 66.8 cm³/mol. The fraction of sp³-hybridized carbons (Fsp3) is 1.00. The van der Waals surface area contributed by atoms with Gasteiger partial charge in [0.15, 0.2) is 0 Å². The molecule has 0 amide bonds. The molecule has 4 fully saturated rings. The van der Waals surface area contributed by atoms with Crippen molar-refractivity contribution in [2.24, 2.45) is 59.2 Å². The number of rotatable bonds is 1. The molecule has 4 aliphatic carbocycles. The van der Waals surface area contributed by atoms with Crippen molar-refractivity contribution >= 4 is 0 Å².